The number of aliphatic hydroxyl groups excluding tert-OH is 1. The molecule has 0 aromatic carbocycles. The van der Waals surface area contributed by atoms with Crippen LogP contribution in [-0.4, -0.2) is 29.8 Å². The average Bonchev–Trinajstić information content (AvgIpc) is 2.61. The summed E-state index contributed by atoms with van der Waals surface area (Å²) < 4.78 is 0. The molecule has 2 amide bonds. The van der Waals surface area contributed by atoms with Crippen molar-refractivity contribution in [3.8, 4) is 0 Å². The van der Waals surface area contributed by atoms with Gasteiger partial charge in [-0.2, -0.15) is 0 Å². The Balaban J connectivity index is 1.86. The lowest BCUT2D eigenvalue weighted by atomic mass is 9.69. The zero-order valence-corrected chi connectivity index (χ0v) is 12.6. The van der Waals surface area contributed by atoms with Crippen LogP contribution in [0.1, 0.15) is 53.4 Å². The van der Waals surface area contributed by atoms with Gasteiger partial charge in [0.05, 0.1) is 6.10 Å². The summed E-state index contributed by atoms with van der Waals surface area (Å²) in [4.78, 5) is 11.9. The SMILES string of the molecule is CC(O)CCNC(=O)NC1CC2CCC1(C)C2(C)C. The van der Waals surface area contributed by atoms with Gasteiger partial charge in [-0.1, -0.05) is 20.8 Å². The van der Waals surface area contributed by atoms with Crippen LogP contribution in [0.25, 0.3) is 0 Å². The third kappa shape index (κ3) is 2.47. The minimum Gasteiger partial charge on any atom is -0.393 e. The number of carbonyl (C=O) groups excluding carboxylic acids is 1. The van der Waals surface area contributed by atoms with E-state index in [0.29, 0.717) is 18.4 Å². The minimum atomic E-state index is -0.362. The Hall–Kier alpha value is -0.770. The molecule has 2 fully saturated rings. The number of fused-ring (bicyclic) bond motifs is 2. The predicted molar refractivity (Wildman–Crippen MR) is 75.8 cm³/mol. The van der Waals surface area contributed by atoms with Gasteiger partial charge in [-0.3, -0.25) is 0 Å². The number of aliphatic hydroxyl groups is 1. The van der Waals surface area contributed by atoms with Gasteiger partial charge in [0.15, 0.2) is 0 Å². The number of hydrogen-bond donors (Lipinski definition) is 3. The lowest BCUT2D eigenvalue weighted by Gasteiger charge is -2.39. The van der Waals surface area contributed by atoms with Crippen LogP contribution < -0.4 is 10.6 Å². The van der Waals surface area contributed by atoms with E-state index in [2.05, 4.69) is 31.4 Å². The van der Waals surface area contributed by atoms with E-state index in [9.17, 15) is 9.90 Å². The Labute approximate surface area is 116 Å². The van der Waals surface area contributed by atoms with E-state index >= 15 is 0 Å². The zero-order valence-electron chi connectivity index (χ0n) is 12.6. The topological polar surface area (TPSA) is 61.4 Å². The van der Waals surface area contributed by atoms with Crippen LogP contribution in [0.3, 0.4) is 0 Å². The van der Waals surface area contributed by atoms with Crippen molar-refractivity contribution < 1.29 is 9.90 Å². The summed E-state index contributed by atoms with van der Waals surface area (Å²) in [7, 11) is 0. The molecule has 4 unspecified atom stereocenters. The molecular weight excluding hydrogens is 240 g/mol. The van der Waals surface area contributed by atoms with Crippen LogP contribution in [0.15, 0.2) is 0 Å². The van der Waals surface area contributed by atoms with Gasteiger partial charge in [-0.25, -0.2) is 4.79 Å². The fourth-order valence-corrected chi connectivity index (χ4v) is 4.03. The molecule has 0 heterocycles. The molecule has 0 saturated heterocycles. The minimum absolute atomic E-state index is 0.0878. The first-order chi connectivity index (χ1) is 8.77. The summed E-state index contributed by atoms with van der Waals surface area (Å²) in [6.45, 7) is 9.27. The summed E-state index contributed by atoms with van der Waals surface area (Å²) in [6.07, 6.45) is 3.85. The fourth-order valence-electron chi connectivity index (χ4n) is 4.03. The van der Waals surface area contributed by atoms with Crippen molar-refractivity contribution in [2.45, 2.75) is 65.5 Å². The summed E-state index contributed by atoms with van der Waals surface area (Å²) in [5.41, 5.74) is 0.545. The molecule has 0 spiro atoms. The van der Waals surface area contributed by atoms with Gasteiger partial charge in [0.2, 0.25) is 0 Å². The monoisotopic (exact) mass is 268 g/mol. The van der Waals surface area contributed by atoms with Gasteiger partial charge in [0, 0.05) is 12.6 Å². The third-order valence-corrected chi connectivity index (χ3v) is 5.95. The lowest BCUT2D eigenvalue weighted by Crippen LogP contribution is -2.50. The molecule has 4 nitrogen and oxygen atoms in total. The number of nitrogens with one attached hydrogen (secondary N) is 2. The first-order valence-electron chi connectivity index (χ1n) is 7.50. The quantitative estimate of drug-likeness (QED) is 0.732. The van der Waals surface area contributed by atoms with Crippen molar-refractivity contribution in [1.29, 1.82) is 0 Å². The Morgan fingerprint density at radius 1 is 1.42 bits per heavy atom. The van der Waals surface area contributed by atoms with E-state index in [0.717, 1.165) is 12.3 Å². The number of amides is 2. The number of hydrogen-bond acceptors (Lipinski definition) is 2. The highest BCUT2D eigenvalue weighted by molar-refractivity contribution is 5.74. The molecule has 19 heavy (non-hydrogen) atoms. The molecule has 2 bridgehead atoms. The molecule has 2 saturated carbocycles. The Kier molecular flexibility index (Phi) is 3.83. The molecule has 2 rings (SSSR count). The Morgan fingerprint density at radius 3 is 2.58 bits per heavy atom. The molecule has 2 aliphatic carbocycles. The van der Waals surface area contributed by atoms with Crippen LogP contribution in [0.4, 0.5) is 4.79 Å². The van der Waals surface area contributed by atoms with E-state index in [1.807, 2.05) is 0 Å². The molecule has 0 aliphatic heterocycles. The lowest BCUT2D eigenvalue weighted by molar-refractivity contribution is 0.123. The second kappa shape index (κ2) is 4.97. The van der Waals surface area contributed by atoms with Gasteiger partial charge in [-0.05, 0) is 49.4 Å². The van der Waals surface area contributed by atoms with Gasteiger partial charge in [0.25, 0.3) is 0 Å². The maximum absolute atomic E-state index is 11.9. The van der Waals surface area contributed by atoms with E-state index in [1.165, 1.54) is 12.8 Å². The summed E-state index contributed by atoms with van der Waals surface area (Å²) in [5, 5.41) is 15.2. The highest BCUT2D eigenvalue weighted by Crippen LogP contribution is 2.65. The van der Waals surface area contributed by atoms with Crippen molar-refractivity contribution in [2.75, 3.05) is 6.54 Å². The first kappa shape index (κ1) is 14.6. The summed E-state index contributed by atoms with van der Waals surface area (Å²) >= 11 is 0. The maximum atomic E-state index is 11.9. The summed E-state index contributed by atoms with van der Waals surface area (Å²) in [5.74, 6) is 0.736. The van der Waals surface area contributed by atoms with Crippen molar-refractivity contribution in [3.63, 3.8) is 0 Å². The van der Waals surface area contributed by atoms with Crippen molar-refractivity contribution >= 4 is 6.03 Å². The third-order valence-electron chi connectivity index (χ3n) is 5.95. The van der Waals surface area contributed by atoms with Crippen molar-refractivity contribution in [3.05, 3.63) is 0 Å². The molecular formula is C15H28N2O2. The van der Waals surface area contributed by atoms with Crippen molar-refractivity contribution in [1.82, 2.24) is 10.6 Å². The highest BCUT2D eigenvalue weighted by atomic mass is 16.3. The first-order valence-corrected chi connectivity index (χ1v) is 7.50. The summed E-state index contributed by atoms with van der Waals surface area (Å²) in [6, 6.07) is 0.197. The van der Waals surface area contributed by atoms with Gasteiger partial charge in [-0.15, -0.1) is 0 Å². The van der Waals surface area contributed by atoms with Gasteiger partial charge < -0.3 is 15.7 Å². The van der Waals surface area contributed by atoms with E-state index < -0.39 is 0 Å². The molecule has 0 aromatic heterocycles. The van der Waals surface area contributed by atoms with E-state index in [1.54, 1.807) is 6.92 Å². The molecule has 110 valence electrons. The molecule has 0 aromatic rings. The van der Waals surface area contributed by atoms with Crippen LogP contribution >= 0.6 is 0 Å². The van der Waals surface area contributed by atoms with E-state index in [-0.39, 0.29) is 23.6 Å². The highest BCUT2D eigenvalue weighted by Gasteiger charge is 2.61. The molecule has 4 atom stereocenters. The van der Waals surface area contributed by atoms with Crippen LogP contribution in [0.5, 0.6) is 0 Å². The standard InChI is InChI=1S/C15H28N2O2/c1-10(18)6-8-16-13(19)17-12-9-11-5-7-15(12,4)14(11,2)3/h10-12,18H,5-9H2,1-4H3,(H2,16,17,19). The molecule has 0 radical (unpaired) electrons. The van der Waals surface area contributed by atoms with Crippen LogP contribution in [0, 0.1) is 16.7 Å². The fraction of sp³-hybridized carbons (Fsp3) is 0.933. The largest absolute Gasteiger partial charge is 0.393 e. The Bertz CT molecular complexity index is 354. The molecule has 4 heteroatoms. The number of carbonyl (C=O) groups is 1. The zero-order chi connectivity index (χ0) is 14.3. The smallest absolute Gasteiger partial charge is 0.315 e. The maximum Gasteiger partial charge on any atom is 0.315 e. The average molecular weight is 268 g/mol. The second-order valence-corrected chi connectivity index (χ2v) is 7.20. The normalized spacial score (nSPS) is 37.1. The second-order valence-electron chi connectivity index (χ2n) is 7.20. The number of rotatable bonds is 4. The Morgan fingerprint density at radius 2 is 2.11 bits per heavy atom. The van der Waals surface area contributed by atoms with Gasteiger partial charge in [0.1, 0.15) is 0 Å². The number of urea groups is 1. The van der Waals surface area contributed by atoms with E-state index in [4.69, 9.17) is 0 Å². The van der Waals surface area contributed by atoms with Gasteiger partial charge >= 0.3 is 6.03 Å². The molecule has 2 aliphatic rings. The van der Waals surface area contributed by atoms with Crippen molar-refractivity contribution in [2.24, 2.45) is 16.7 Å². The van der Waals surface area contributed by atoms with Crippen LogP contribution in [-0.2, 0) is 0 Å². The predicted octanol–water partition coefficient (Wildman–Crippen LogP) is 2.27. The molecule has 3 N–H and O–H groups in total. The van der Waals surface area contributed by atoms with Crippen LogP contribution in [0.2, 0.25) is 0 Å².